The molecule has 0 atom stereocenters. The second-order valence-corrected chi connectivity index (χ2v) is 2.40. The molecule has 14 heavy (non-hydrogen) atoms. The second-order valence-electron chi connectivity index (χ2n) is 2.40. The van der Waals surface area contributed by atoms with Crippen molar-refractivity contribution in [2.45, 2.75) is 12.4 Å². The zero-order chi connectivity index (χ0) is 11.1. The molecule has 10 heteroatoms. The van der Waals surface area contributed by atoms with Gasteiger partial charge in [0.1, 0.15) is 0 Å². The van der Waals surface area contributed by atoms with E-state index in [4.69, 9.17) is 0 Å². The standard InChI is InChI=1S/C4H2BF6N3/c5-14-1(3(6,7)8)12-13-2(14)4(9,10)11/h5H2. The van der Waals surface area contributed by atoms with Gasteiger partial charge < -0.3 is 4.48 Å². The molecule has 0 radical (unpaired) electrons. The molecule has 0 aliphatic carbocycles. The summed E-state index contributed by atoms with van der Waals surface area (Å²) in [7, 11) is 0.603. The van der Waals surface area contributed by atoms with Crippen molar-refractivity contribution in [1.82, 2.24) is 14.7 Å². The van der Waals surface area contributed by atoms with Crippen LogP contribution in [0.15, 0.2) is 0 Å². The molecule has 78 valence electrons. The summed E-state index contributed by atoms with van der Waals surface area (Å²) in [4.78, 5) is 0. The lowest BCUT2D eigenvalue weighted by molar-refractivity contribution is -0.151. The lowest BCUT2D eigenvalue weighted by Gasteiger charge is -2.08. The van der Waals surface area contributed by atoms with E-state index in [0.717, 1.165) is 0 Å². The first-order valence-corrected chi connectivity index (χ1v) is 3.18. The Hall–Kier alpha value is -1.22. The Kier molecular flexibility index (Phi) is 2.24. The average Bonchev–Trinajstić information content (AvgIpc) is 2.26. The van der Waals surface area contributed by atoms with Crippen molar-refractivity contribution in [3.05, 3.63) is 11.6 Å². The molecular weight excluding hydrogens is 215 g/mol. The molecule has 1 rings (SSSR count). The van der Waals surface area contributed by atoms with E-state index in [2.05, 4.69) is 10.2 Å². The molecule has 0 aromatic carbocycles. The maximum atomic E-state index is 12.0. The van der Waals surface area contributed by atoms with E-state index in [1.54, 1.807) is 0 Å². The third-order valence-corrected chi connectivity index (χ3v) is 1.38. The summed E-state index contributed by atoms with van der Waals surface area (Å²) in [5.41, 5.74) is 0. The van der Waals surface area contributed by atoms with Crippen LogP contribution >= 0.6 is 0 Å². The molecule has 1 aromatic rings. The van der Waals surface area contributed by atoms with Crippen molar-refractivity contribution < 1.29 is 26.3 Å². The van der Waals surface area contributed by atoms with Crippen LogP contribution in [0.2, 0.25) is 0 Å². The number of aromatic nitrogens is 3. The van der Waals surface area contributed by atoms with Gasteiger partial charge in [0.15, 0.2) is 0 Å². The summed E-state index contributed by atoms with van der Waals surface area (Å²) in [6.45, 7) is 0. The Balaban J connectivity index is 3.23. The van der Waals surface area contributed by atoms with Crippen molar-refractivity contribution >= 4 is 7.98 Å². The first kappa shape index (κ1) is 10.9. The Bertz CT molecular complexity index is 306. The molecule has 0 aliphatic heterocycles. The number of rotatable bonds is 0. The highest BCUT2D eigenvalue weighted by atomic mass is 19.4. The van der Waals surface area contributed by atoms with Crippen LogP contribution in [0.1, 0.15) is 11.6 Å². The third kappa shape index (κ3) is 1.83. The van der Waals surface area contributed by atoms with Crippen molar-refractivity contribution in [3.63, 3.8) is 0 Å². The van der Waals surface area contributed by atoms with Crippen molar-refractivity contribution in [3.8, 4) is 0 Å². The quantitative estimate of drug-likeness (QED) is 0.473. The Labute approximate surface area is 74.2 Å². The summed E-state index contributed by atoms with van der Waals surface area (Å²) in [5.74, 6) is -3.35. The smallest absolute Gasteiger partial charge is 0.353 e. The number of hydrogen-bond acceptors (Lipinski definition) is 2. The topological polar surface area (TPSA) is 30.7 Å². The molecule has 1 aromatic heterocycles. The summed E-state index contributed by atoms with van der Waals surface area (Å²) in [5, 5.41) is 4.84. The lowest BCUT2D eigenvalue weighted by Crippen LogP contribution is -2.19. The number of hydrogen-bond donors (Lipinski definition) is 0. The van der Waals surface area contributed by atoms with Crippen LogP contribution in [0, 0.1) is 0 Å². The van der Waals surface area contributed by atoms with Crippen LogP contribution < -0.4 is 0 Å². The van der Waals surface area contributed by atoms with Gasteiger partial charge >= 0.3 is 12.4 Å². The van der Waals surface area contributed by atoms with Crippen LogP contribution in [-0.4, -0.2) is 22.7 Å². The highest BCUT2D eigenvalue weighted by Gasteiger charge is 2.43. The fourth-order valence-corrected chi connectivity index (χ4v) is 0.823. The van der Waals surface area contributed by atoms with Gasteiger partial charge in [0.2, 0.25) is 19.6 Å². The lowest BCUT2D eigenvalue weighted by atomic mass is 10.3. The summed E-state index contributed by atoms with van der Waals surface area (Å²) in [6, 6.07) is 0. The number of alkyl halides is 6. The number of nitrogens with zero attached hydrogens (tertiary/aromatic N) is 3. The maximum Gasteiger partial charge on any atom is 0.450 e. The van der Waals surface area contributed by atoms with Gasteiger partial charge in [-0.05, 0) is 0 Å². The van der Waals surface area contributed by atoms with Gasteiger partial charge in [0, 0.05) is 0 Å². The van der Waals surface area contributed by atoms with Crippen LogP contribution in [0.4, 0.5) is 26.3 Å². The van der Waals surface area contributed by atoms with Gasteiger partial charge in [0.05, 0.1) is 0 Å². The van der Waals surface area contributed by atoms with Gasteiger partial charge in [-0.3, -0.25) is 0 Å². The first-order valence-electron chi connectivity index (χ1n) is 3.18. The Morgan fingerprint density at radius 1 is 0.857 bits per heavy atom. The molecule has 0 fully saturated rings. The van der Waals surface area contributed by atoms with E-state index in [1.807, 2.05) is 0 Å². The van der Waals surface area contributed by atoms with Gasteiger partial charge in [-0.25, -0.2) is 0 Å². The molecule has 0 amide bonds. The summed E-state index contributed by atoms with van der Waals surface area (Å²) in [6.07, 6.45) is -9.88. The largest absolute Gasteiger partial charge is 0.450 e. The Morgan fingerprint density at radius 2 is 1.14 bits per heavy atom. The van der Waals surface area contributed by atoms with Crippen LogP contribution in [0.3, 0.4) is 0 Å². The first-order chi connectivity index (χ1) is 6.14. The van der Waals surface area contributed by atoms with Crippen LogP contribution in [0.5, 0.6) is 0 Å². The van der Waals surface area contributed by atoms with E-state index in [0.29, 0.717) is 7.98 Å². The maximum absolute atomic E-state index is 12.0. The predicted molar refractivity (Wildman–Crippen MR) is 34.0 cm³/mol. The summed E-state index contributed by atoms with van der Waals surface area (Å²) >= 11 is 0. The van der Waals surface area contributed by atoms with E-state index in [9.17, 15) is 26.3 Å². The SMILES string of the molecule is Bn1c(C(F)(F)F)nnc1C(F)(F)F. The molecular formula is C4H2BF6N3. The minimum absolute atomic E-state index is 0.139. The molecule has 3 nitrogen and oxygen atoms in total. The van der Waals surface area contributed by atoms with Crippen molar-refractivity contribution in [2.75, 3.05) is 0 Å². The molecule has 0 spiro atoms. The zero-order valence-electron chi connectivity index (χ0n) is 6.61. The van der Waals surface area contributed by atoms with Gasteiger partial charge in [-0.1, -0.05) is 0 Å². The minimum atomic E-state index is -4.94. The summed E-state index contributed by atoms with van der Waals surface area (Å²) < 4.78 is 71.6. The zero-order valence-corrected chi connectivity index (χ0v) is 6.61. The molecule has 0 saturated heterocycles. The second kappa shape index (κ2) is 2.89. The average molecular weight is 217 g/mol. The van der Waals surface area contributed by atoms with E-state index < -0.39 is 24.0 Å². The van der Waals surface area contributed by atoms with Crippen LogP contribution in [0.25, 0.3) is 0 Å². The molecule has 1 heterocycles. The number of halogens is 6. The van der Waals surface area contributed by atoms with Crippen molar-refractivity contribution in [1.29, 1.82) is 0 Å². The van der Waals surface area contributed by atoms with E-state index in [1.165, 1.54) is 0 Å². The predicted octanol–water partition coefficient (Wildman–Crippen LogP) is 0.712. The normalized spacial score (nSPS) is 13.3. The van der Waals surface area contributed by atoms with Gasteiger partial charge in [-0.2, -0.15) is 26.3 Å². The minimum Gasteiger partial charge on any atom is -0.353 e. The van der Waals surface area contributed by atoms with E-state index in [-0.39, 0.29) is 4.48 Å². The Morgan fingerprint density at radius 3 is 1.29 bits per heavy atom. The highest BCUT2D eigenvalue weighted by Crippen LogP contribution is 2.32. The molecule has 0 bridgehead atoms. The fourth-order valence-electron chi connectivity index (χ4n) is 0.823. The molecule has 0 aliphatic rings. The fraction of sp³-hybridized carbons (Fsp3) is 0.500. The molecule has 0 unspecified atom stereocenters. The van der Waals surface area contributed by atoms with Crippen molar-refractivity contribution in [2.24, 2.45) is 0 Å². The van der Waals surface area contributed by atoms with Crippen LogP contribution in [-0.2, 0) is 12.4 Å². The highest BCUT2D eigenvalue weighted by molar-refractivity contribution is 6.07. The molecule has 0 N–H and O–H groups in total. The van der Waals surface area contributed by atoms with E-state index >= 15 is 0 Å². The van der Waals surface area contributed by atoms with Gasteiger partial charge in [-0.15, -0.1) is 10.2 Å². The van der Waals surface area contributed by atoms with Gasteiger partial charge in [0.25, 0.3) is 0 Å². The third-order valence-electron chi connectivity index (χ3n) is 1.38. The molecule has 0 saturated carbocycles. The monoisotopic (exact) mass is 217 g/mol.